The van der Waals surface area contributed by atoms with Gasteiger partial charge in [0.15, 0.2) is 9.84 Å². The molecule has 0 unspecified atom stereocenters. The Balaban J connectivity index is 2.04. The third-order valence-electron chi connectivity index (χ3n) is 3.61. The summed E-state index contributed by atoms with van der Waals surface area (Å²) in [6, 6.07) is 5.25. The van der Waals surface area contributed by atoms with Crippen LogP contribution in [0.3, 0.4) is 0 Å². The van der Waals surface area contributed by atoms with E-state index in [4.69, 9.17) is 11.6 Å². The van der Waals surface area contributed by atoms with Crippen molar-refractivity contribution in [3.05, 3.63) is 28.8 Å². The summed E-state index contributed by atoms with van der Waals surface area (Å²) in [4.78, 5) is 11.9. The third-order valence-corrected chi connectivity index (χ3v) is 6.26. The molecule has 0 atom stereocenters. The first-order chi connectivity index (χ1) is 9.40. The Morgan fingerprint density at radius 3 is 2.65 bits per heavy atom. The molecule has 1 aromatic rings. The van der Waals surface area contributed by atoms with Gasteiger partial charge in [0.25, 0.3) is 0 Å². The van der Waals surface area contributed by atoms with Crippen LogP contribution in [-0.4, -0.2) is 25.3 Å². The fraction of sp³-hybridized carbons (Fsp3) is 0.500. The van der Waals surface area contributed by atoms with Crippen molar-refractivity contribution in [2.75, 3.05) is 11.1 Å². The van der Waals surface area contributed by atoms with Gasteiger partial charge in [0.1, 0.15) is 5.75 Å². The number of nitrogens with one attached hydrogen (secondary N) is 1. The second-order valence-electron chi connectivity index (χ2n) is 5.20. The van der Waals surface area contributed by atoms with Gasteiger partial charge >= 0.3 is 0 Å². The highest BCUT2D eigenvalue weighted by atomic mass is 35.5. The van der Waals surface area contributed by atoms with Crippen LogP contribution in [0.25, 0.3) is 0 Å². The van der Waals surface area contributed by atoms with Crippen molar-refractivity contribution in [1.29, 1.82) is 0 Å². The summed E-state index contributed by atoms with van der Waals surface area (Å²) in [5.41, 5.74) is 1.29. The summed E-state index contributed by atoms with van der Waals surface area (Å²) in [5.74, 6) is -0.994. The van der Waals surface area contributed by atoms with Crippen molar-refractivity contribution in [3.8, 4) is 0 Å². The Morgan fingerprint density at radius 2 is 2.00 bits per heavy atom. The van der Waals surface area contributed by atoms with E-state index in [1.54, 1.807) is 12.1 Å². The van der Waals surface area contributed by atoms with Gasteiger partial charge in [-0.2, -0.15) is 0 Å². The molecule has 0 saturated heterocycles. The smallest absolute Gasteiger partial charge is 0.239 e. The van der Waals surface area contributed by atoms with Crippen molar-refractivity contribution in [3.63, 3.8) is 0 Å². The minimum Gasteiger partial charge on any atom is -0.324 e. The van der Waals surface area contributed by atoms with Crippen molar-refractivity contribution < 1.29 is 13.2 Å². The summed E-state index contributed by atoms with van der Waals surface area (Å²) in [6.07, 6.45) is 3.19. The highest BCUT2D eigenvalue weighted by molar-refractivity contribution is 7.92. The number of hydrogen-bond acceptors (Lipinski definition) is 3. The topological polar surface area (TPSA) is 63.2 Å². The number of rotatable bonds is 4. The highest BCUT2D eigenvalue weighted by Gasteiger charge is 2.30. The molecule has 1 amide bonds. The Morgan fingerprint density at radius 1 is 1.35 bits per heavy atom. The van der Waals surface area contributed by atoms with E-state index < -0.39 is 21.5 Å². The van der Waals surface area contributed by atoms with Crippen molar-refractivity contribution in [2.45, 2.75) is 37.9 Å². The standard InChI is InChI=1S/C14H18ClNO3S/c1-10-5-4-8-12(14(10)15)16-13(17)9-20(18,19)11-6-2-3-7-11/h4-5,8,11H,2-3,6-7,9H2,1H3,(H,16,17). The molecule has 1 N–H and O–H groups in total. The average Bonchev–Trinajstić information content (AvgIpc) is 2.89. The number of amides is 1. The maximum absolute atomic E-state index is 12.1. The summed E-state index contributed by atoms with van der Waals surface area (Å²) in [5, 5.41) is 2.66. The molecule has 2 rings (SSSR count). The first-order valence-electron chi connectivity index (χ1n) is 6.66. The van der Waals surface area contributed by atoms with Crippen molar-refractivity contribution in [2.24, 2.45) is 0 Å². The van der Waals surface area contributed by atoms with Gasteiger partial charge in [-0.05, 0) is 31.4 Å². The van der Waals surface area contributed by atoms with Gasteiger partial charge in [-0.15, -0.1) is 0 Å². The van der Waals surface area contributed by atoms with E-state index in [0.29, 0.717) is 23.6 Å². The van der Waals surface area contributed by atoms with Crippen LogP contribution in [0.1, 0.15) is 31.2 Å². The molecule has 0 bridgehead atoms. The molecule has 1 aliphatic carbocycles. The molecule has 0 aliphatic heterocycles. The van der Waals surface area contributed by atoms with Crippen molar-refractivity contribution >= 4 is 33.0 Å². The summed E-state index contributed by atoms with van der Waals surface area (Å²) in [6.45, 7) is 1.83. The van der Waals surface area contributed by atoms with Gasteiger partial charge in [0.05, 0.1) is 16.0 Å². The molecule has 0 spiro atoms. The van der Waals surface area contributed by atoms with Gasteiger partial charge in [0, 0.05) is 0 Å². The second kappa shape index (κ2) is 6.14. The summed E-state index contributed by atoms with van der Waals surface area (Å²) < 4.78 is 24.2. The van der Waals surface area contributed by atoms with E-state index in [0.717, 1.165) is 18.4 Å². The largest absolute Gasteiger partial charge is 0.324 e. The van der Waals surface area contributed by atoms with Gasteiger partial charge in [-0.1, -0.05) is 36.6 Å². The molecule has 1 aliphatic rings. The van der Waals surface area contributed by atoms with E-state index in [-0.39, 0.29) is 5.25 Å². The molecular weight excluding hydrogens is 298 g/mol. The van der Waals surface area contributed by atoms with E-state index in [9.17, 15) is 13.2 Å². The lowest BCUT2D eigenvalue weighted by molar-refractivity contribution is -0.113. The number of sulfone groups is 1. The van der Waals surface area contributed by atoms with Crippen molar-refractivity contribution in [1.82, 2.24) is 0 Å². The Hall–Kier alpha value is -1.07. The zero-order valence-electron chi connectivity index (χ0n) is 11.4. The molecule has 4 nitrogen and oxygen atoms in total. The van der Waals surface area contributed by atoms with Gasteiger partial charge < -0.3 is 5.32 Å². The molecular formula is C14H18ClNO3S. The number of hydrogen-bond donors (Lipinski definition) is 1. The molecule has 0 heterocycles. The van der Waals surface area contributed by atoms with Crippen LogP contribution in [0.15, 0.2) is 18.2 Å². The van der Waals surface area contributed by atoms with Crippen LogP contribution in [0.4, 0.5) is 5.69 Å². The molecule has 1 fully saturated rings. The van der Waals surface area contributed by atoms with Crippen LogP contribution in [-0.2, 0) is 14.6 Å². The zero-order chi connectivity index (χ0) is 14.8. The fourth-order valence-electron chi connectivity index (χ4n) is 2.48. The molecule has 0 aromatic heterocycles. The van der Waals surface area contributed by atoms with Crippen LogP contribution < -0.4 is 5.32 Å². The quantitative estimate of drug-likeness (QED) is 0.929. The van der Waals surface area contributed by atoms with E-state index in [1.165, 1.54) is 0 Å². The molecule has 110 valence electrons. The lowest BCUT2D eigenvalue weighted by atomic mass is 10.2. The average molecular weight is 316 g/mol. The number of carbonyl (C=O) groups is 1. The predicted molar refractivity (Wildman–Crippen MR) is 80.9 cm³/mol. The predicted octanol–water partition coefficient (Wildman–Crippen LogP) is 2.94. The number of halogens is 1. The van der Waals surface area contributed by atoms with E-state index in [2.05, 4.69) is 5.32 Å². The first-order valence-corrected chi connectivity index (χ1v) is 8.76. The van der Waals surface area contributed by atoms with Crippen LogP contribution >= 0.6 is 11.6 Å². The van der Waals surface area contributed by atoms with Gasteiger partial charge in [-0.25, -0.2) is 8.42 Å². The number of carbonyl (C=O) groups excluding carboxylic acids is 1. The van der Waals surface area contributed by atoms with Gasteiger partial charge in [-0.3, -0.25) is 4.79 Å². The highest BCUT2D eigenvalue weighted by Crippen LogP contribution is 2.27. The fourth-order valence-corrected chi connectivity index (χ4v) is 4.38. The molecule has 6 heteroatoms. The maximum atomic E-state index is 12.1. The minimum atomic E-state index is -3.36. The van der Waals surface area contributed by atoms with E-state index >= 15 is 0 Å². The lowest BCUT2D eigenvalue weighted by Crippen LogP contribution is -2.29. The molecule has 1 aromatic carbocycles. The van der Waals surface area contributed by atoms with Crippen LogP contribution in [0.2, 0.25) is 5.02 Å². The molecule has 1 saturated carbocycles. The summed E-state index contributed by atoms with van der Waals surface area (Å²) in [7, 11) is -3.36. The Labute approximate surface area is 124 Å². The Kier molecular flexibility index (Phi) is 4.70. The maximum Gasteiger partial charge on any atom is 0.239 e. The monoisotopic (exact) mass is 315 g/mol. The number of anilines is 1. The van der Waals surface area contributed by atoms with Gasteiger partial charge in [0.2, 0.25) is 5.91 Å². The summed E-state index contributed by atoms with van der Waals surface area (Å²) >= 11 is 6.07. The second-order valence-corrected chi connectivity index (χ2v) is 7.86. The van der Waals surface area contributed by atoms with Crippen LogP contribution in [0, 0.1) is 6.92 Å². The number of aryl methyl sites for hydroxylation is 1. The van der Waals surface area contributed by atoms with Crippen LogP contribution in [0.5, 0.6) is 0 Å². The normalized spacial score (nSPS) is 16.3. The third kappa shape index (κ3) is 3.52. The molecule has 0 radical (unpaired) electrons. The zero-order valence-corrected chi connectivity index (χ0v) is 12.9. The minimum absolute atomic E-state index is 0.360. The SMILES string of the molecule is Cc1cccc(NC(=O)CS(=O)(=O)C2CCCC2)c1Cl. The number of benzene rings is 1. The Bertz CT molecular complexity index is 607. The lowest BCUT2D eigenvalue weighted by Gasteiger charge is -2.12. The van der Waals surface area contributed by atoms with E-state index in [1.807, 2.05) is 13.0 Å². The molecule has 20 heavy (non-hydrogen) atoms. The first kappa shape index (κ1) is 15.3.